The quantitative estimate of drug-likeness (QED) is 0.696. The average molecular weight is 203 g/mol. The molecule has 0 N–H and O–H groups in total. The lowest BCUT2D eigenvalue weighted by Gasteiger charge is -2.11. The van der Waals surface area contributed by atoms with Crippen molar-refractivity contribution in [3.63, 3.8) is 0 Å². The molecule has 0 atom stereocenters. The fourth-order valence-electron chi connectivity index (χ4n) is 1.41. The van der Waals surface area contributed by atoms with Crippen LogP contribution in [0.3, 0.4) is 0 Å². The lowest BCUT2D eigenvalue weighted by molar-refractivity contribution is 0.101. The van der Waals surface area contributed by atoms with Gasteiger partial charge in [-0.25, -0.2) is 4.98 Å². The molecule has 4 heteroatoms. The van der Waals surface area contributed by atoms with Gasteiger partial charge in [0.25, 0.3) is 0 Å². The van der Waals surface area contributed by atoms with Gasteiger partial charge in [-0.05, 0) is 12.1 Å². The summed E-state index contributed by atoms with van der Waals surface area (Å²) in [7, 11) is 3.95. The van der Waals surface area contributed by atoms with Crippen molar-refractivity contribution in [3.05, 3.63) is 30.2 Å². The fourth-order valence-corrected chi connectivity index (χ4v) is 1.41. The van der Waals surface area contributed by atoms with E-state index in [9.17, 15) is 4.79 Å². The van der Waals surface area contributed by atoms with Gasteiger partial charge in [0.05, 0.1) is 5.69 Å². The van der Waals surface area contributed by atoms with Gasteiger partial charge in [0.1, 0.15) is 11.3 Å². The largest absolute Gasteiger partial charge is 0.376 e. The summed E-state index contributed by atoms with van der Waals surface area (Å²) in [6.45, 7) is 1.52. The van der Waals surface area contributed by atoms with Gasteiger partial charge in [-0.15, -0.1) is 0 Å². The van der Waals surface area contributed by atoms with Crippen LogP contribution in [0.2, 0.25) is 0 Å². The number of carbonyl (C=O) groups is 1. The Labute approximate surface area is 88.2 Å². The van der Waals surface area contributed by atoms with Gasteiger partial charge < -0.3 is 9.30 Å². The zero-order chi connectivity index (χ0) is 11.0. The van der Waals surface area contributed by atoms with E-state index in [0.29, 0.717) is 5.69 Å². The first-order valence-electron chi connectivity index (χ1n) is 4.75. The molecule has 15 heavy (non-hydrogen) atoms. The Bertz CT molecular complexity index is 514. The standard InChI is InChI=1S/C11H13N3O/c1-8(15)10-7-14-6-9(13(2)3)4-5-11(14)12-10/h4-7H,1-3H3. The predicted octanol–water partition coefficient (Wildman–Crippen LogP) is 1.60. The van der Waals surface area contributed by atoms with E-state index in [2.05, 4.69) is 4.98 Å². The van der Waals surface area contributed by atoms with E-state index in [0.717, 1.165) is 11.3 Å². The van der Waals surface area contributed by atoms with E-state index in [4.69, 9.17) is 0 Å². The van der Waals surface area contributed by atoms with E-state index in [1.54, 1.807) is 6.20 Å². The highest BCUT2D eigenvalue weighted by atomic mass is 16.1. The van der Waals surface area contributed by atoms with E-state index in [1.807, 2.05) is 41.7 Å². The van der Waals surface area contributed by atoms with Crippen LogP contribution < -0.4 is 4.90 Å². The molecule has 0 aliphatic rings. The lowest BCUT2D eigenvalue weighted by atomic mass is 10.3. The normalized spacial score (nSPS) is 10.6. The Hall–Kier alpha value is -1.84. The Balaban J connectivity index is 2.57. The summed E-state index contributed by atoms with van der Waals surface area (Å²) in [4.78, 5) is 17.4. The molecular formula is C11H13N3O. The van der Waals surface area contributed by atoms with Crippen molar-refractivity contribution in [1.82, 2.24) is 9.38 Å². The predicted molar refractivity (Wildman–Crippen MR) is 59.5 cm³/mol. The molecule has 0 aromatic carbocycles. The smallest absolute Gasteiger partial charge is 0.179 e. The van der Waals surface area contributed by atoms with E-state index in [1.165, 1.54) is 6.92 Å². The zero-order valence-electron chi connectivity index (χ0n) is 9.06. The molecule has 2 aromatic heterocycles. The number of hydrogen-bond donors (Lipinski definition) is 0. The fraction of sp³-hybridized carbons (Fsp3) is 0.273. The molecule has 78 valence electrons. The molecule has 2 heterocycles. The number of fused-ring (bicyclic) bond motifs is 1. The van der Waals surface area contributed by atoms with Crippen molar-refractivity contribution in [2.45, 2.75) is 6.92 Å². The molecule has 0 unspecified atom stereocenters. The van der Waals surface area contributed by atoms with Crippen LogP contribution in [-0.2, 0) is 0 Å². The second-order valence-corrected chi connectivity index (χ2v) is 3.73. The van der Waals surface area contributed by atoms with Crippen LogP contribution >= 0.6 is 0 Å². The molecule has 4 nitrogen and oxygen atoms in total. The molecule has 0 amide bonds. The second-order valence-electron chi connectivity index (χ2n) is 3.73. The van der Waals surface area contributed by atoms with Gasteiger partial charge in [0, 0.05) is 33.4 Å². The molecule has 0 saturated carbocycles. The monoisotopic (exact) mass is 203 g/mol. The van der Waals surface area contributed by atoms with Crippen molar-refractivity contribution in [2.24, 2.45) is 0 Å². The summed E-state index contributed by atoms with van der Waals surface area (Å²) in [5, 5.41) is 0. The van der Waals surface area contributed by atoms with Crippen molar-refractivity contribution in [3.8, 4) is 0 Å². The van der Waals surface area contributed by atoms with Crippen LogP contribution in [-0.4, -0.2) is 29.3 Å². The van der Waals surface area contributed by atoms with Crippen LogP contribution in [0.25, 0.3) is 5.65 Å². The Morgan fingerprint density at radius 1 is 1.33 bits per heavy atom. The SMILES string of the molecule is CC(=O)c1cn2cc(N(C)C)ccc2n1. The van der Waals surface area contributed by atoms with E-state index >= 15 is 0 Å². The second kappa shape index (κ2) is 3.38. The minimum Gasteiger partial charge on any atom is -0.376 e. The van der Waals surface area contributed by atoms with Gasteiger partial charge in [0.2, 0.25) is 0 Å². The first-order chi connectivity index (χ1) is 7.08. The third kappa shape index (κ3) is 1.70. The number of Topliss-reactive ketones (excluding diaryl/α,β-unsaturated/α-hetero) is 1. The number of carbonyl (C=O) groups excluding carboxylic acids is 1. The maximum atomic E-state index is 11.1. The molecule has 2 rings (SSSR count). The minimum atomic E-state index is -0.00916. The maximum absolute atomic E-state index is 11.1. The first-order valence-corrected chi connectivity index (χ1v) is 4.75. The lowest BCUT2D eigenvalue weighted by Crippen LogP contribution is -2.08. The zero-order valence-corrected chi connectivity index (χ0v) is 9.06. The number of hydrogen-bond acceptors (Lipinski definition) is 3. The average Bonchev–Trinajstić information content (AvgIpc) is 2.59. The third-order valence-electron chi connectivity index (χ3n) is 2.31. The van der Waals surface area contributed by atoms with Gasteiger partial charge in [-0.1, -0.05) is 0 Å². The number of ketones is 1. The molecule has 0 fully saturated rings. The van der Waals surface area contributed by atoms with Gasteiger partial charge in [-0.3, -0.25) is 4.79 Å². The number of aromatic nitrogens is 2. The van der Waals surface area contributed by atoms with Crippen LogP contribution in [0, 0.1) is 0 Å². The van der Waals surface area contributed by atoms with Crippen LogP contribution in [0.4, 0.5) is 5.69 Å². The van der Waals surface area contributed by atoms with Gasteiger partial charge in [0.15, 0.2) is 5.78 Å². The summed E-state index contributed by atoms with van der Waals surface area (Å²) in [5.41, 5.74) is 2.38. The molecule has 0 bridgehead atoms. The molecule has 0 saturated heterocycles. The Morgan fingerprint density at radius 2 is 2.07 bits per heavy atom. The molecule has 0 aliphatic heterocycles. The Morgan fingerprint density at radius 3 is 2.67 bits per heavy atom. The van der Waals surface area contributed by atoms with Crippen molar-refractivity contribution in [1.29, 1.82) is 0 Å². The maximum Gasteiger partial charge on any atom is 0.179 e. The van der Waals surface area contributed by atoms with Gasteiger partial charge in [-0.2, -0.15) is 0 Å². The van der Waals surface area contributed by atoms with Gasteiger partial charge >= 0.3 is 0 Å². The van der Waals surface area contributed by atoms with Crippen LogP contribution in [0.15, 0.2) is 24.5 Å². The summed E-state index contributed by atoms with van der Waals surface area (Å²) < 4.78 is 1.87. The topological polar surface area (TPSA) is 37.6 Å². The molecule has 0 spiro atoms. The molecular weight excluding hydrogens is 190 g/mol. The summed E-state index contributed by atoms with van der Waals surface area (Å²) in [6.07, 6.45) is 3.71. The Kier molecular flexibility index (Phi) is 2.19. The molecule has 0 radical (unpaired) electrons. The summed E-state index contributed by atoms with van der Waals surface area (Å²) in [6, 6.07) is 3.88. The highest BCUT2D eigenvalue weighted by Crippen LogP contribution is 2.13. The van der Waals surface area contributed by atoms with Crippen LogP contribution in [0.5, 0.6) is 0 Å². The first kappa shape index (κ1) is 9.71. The number of imidazole rings is 1. The highest BCUT2D eigenvalue weighted by Gasteiger charge is 2.06. The highest BCUT2D eigenvalue weighted by molar-refractivity contribution is 5.92. The van der Waals surface area contributed by atoms with E-state index < -0.39 is 0 Å². The summed E-state index contributed by atoms with van der Waals surface area (Å²) >= 11 is 0. The number of rotatable bonds is 2. The van der Waals surface area contributed by atoms with E-state index in [-0.39, 0.29) is 5.78 Å². The molecule has 2 aromatic rings. The minimum absolute atomic E-state index is 0.00916. The third-order valence-corrected chi connectivity index (χ3v) is 2.31. The summed E-state index contributed by atoms with van der Waals surface area (Å²) in [5.74, 6) is -0.00916. The number of anilines is 1. The van der Waals surface area contributed by atoms with Crippen molar-refractivity contribution < 1.29 is 4.79 Å². The molecule has 0 aliphatic carbocycles. The number of pyridine rings is 1. The van der Waals surface area contributed by atoms with Crippen LogP contribution in [0.1, 0.15) is 17.4 Å². The number of nitrogens with zero attached hydrogens (tertiary/aromatic N) is 3. The van der Waals surface area contributed by atoms with Crippen molar-refractivity contribution >= 4 is 17.1 Å². The van der Waals surface area contributed by atoms with Crippen molar-refractivity contribution in [2.75, 3.05) is 19.0 Å².